The van der Waals surface area contributed by atoms with Crippen LogP contribution in [0, 0.1) is 11.3 Å². The number of carbonyl (C=O) groups is 2. The van der Waals surface area contributed by atoms with E-state index < -0.39 is 17.4 Å². The number of carboxylic acid groups (broad SMARTS) is 1. The summed E-state index contributed by atoms with van der Waals surface area (Å²) in [6.07, 6.45) is 6.91. The Morgan fingerprint density at radius 2 is 1.94 bits per heavy atom. The second kappa shape index (κ2) is 9.30. The minimum absolute atomic E-state index is 0.0892. The Morgan fingerprint density at radius 1 is 1.23 bits per heavy atom. The number of carbonyl (C=O) groups excluding carboxylic acids is 1. The molecule has 8 heteroatoms. The highest BCUT2D eigenvalue weighted by molar-refractivity contribution is 9.12. The van der Waals surface area contributed by atoms with E-state index in [1.54, 1.807) is 6.20 Å². The third kappa shape index (κ3) is 4.11. The zero-order valence-electron chi connectivity index (χ0n) is 20.1. The number of allylic oxidation sites excluding steroid dienone is 2. The molecule has 1 aromatic heterocycles. The molecule has 3 N–H and O–H groups in total. The maximum atomic E-state index is 12.7. The lowest BCUT2D eigenvalue weighted by molar-refractivity contribution is -0.140. The molecule has 0 radical (unpaired) electrons. The van der Waals surface area contributed by atoms with Gasteiger partial charge in [-0.25, -0.2) is 9.78 Å². The van der Waals surface area contributed by atoms with Gasteiger partial charge in [-0.15, -0.1) is 0 Å². The summed E-state index contributed by atoms with van der Waals surface area (Å²) in [5.74, 6) is 0.441. The Labute approximate surface area is 214 Å². The largest absolute Gasteiger partial charge is 0.480 e. The van der Waals surface area contributed by atoms with E-state index in [1.165, 1.54) is 0 Å². The van der Waals surface area contributed by atoms with Crippen LogP contribution in [0.15, 0.2) is 52.8 Å². The molecule has 0 saturated heterocycles. The van der Waals surface area contributed by atoms with E-state index in [1.807, 2.05) is 36.4 Å². The van der Waals surface area contributed by atoms with Crippen molar-refractivity contribution in [2.75, 3.05) is 10.2 Å². The Balaban J connectivity index is 1.35. The SMILES string of the molecule is CC(C)C1Nc2cccnc2N1c1ccc(C[C@H](NC2=C(Br)C(=O)C23CCCCC3)C(=O)O)cc1. The molecule has 35 heavy (non-hydrogen) atoms. The van der Waals surface area contributed by atoms with Crippen LogP contribution in [-0.2, 0) is 16.0 Å². The van der Waals surface area contributed by atoms with Crippen LogP contribution in [0.5, 0.6) is 0 Å². The molecule has 2 atom stereocenters. The van der Waals surface area contributed by atoms with Crippen molar-refractivity contribution in [1.29, 1.82) is 0 Å². The van der Waals surface area contributed by atoms with Crippen molar-refractivity contribution in [2.45, 2.75) is 64.6 Å². The van der Waals surface area contributed by atoms with Crippen molar-refractivity contribution in [3.05, 3.63) is 58.3 Å². The monoisotopic (exact) mass is 538 g/mol. The molecule has 5 rings (SSSR count). The van der Waals surface area contributed by atoms with Gasteiger partial charge in [0.1, 0.15) is 12.2 Å². The first-order chi connectivity index (χ1) is 16.8. The molecular formula is C27H31BrN4O3. The Kier molecular flexibility index (Phi) is 6.34. The minimum atomic E-state index is -0.922. The van der Waals surface area contributed by atoms with Crippen molar-refractivity contribution in [3.63, 3.8) is 0 Å². The quantitative estimate of drug-likeness (QED) is 0.437. The number of ketones is 1. The molecular weight excluding hydrogens is 508 g/mol. The number of anilines is 3. The maximum absolute atomic E-state index is 12.7. The molecule has 2 aliphatic carbocycles. The summed E-state index contributed by atoms with van der Waals surface area (Å²) >= 11 is 3.40. The number of aromatic nitrogens is 1. The van der Waals surface area contributed by atoms with Gasteiger partial charge in [0.2, 0.25) is 0 Å². The number of rotatable bonds is 7. The lowest BCUT2D eigenvalue weighted by atomic mass is 9.62. The van der Waals surface area contributed by atoms with Crippen LogP contribution in [0.3, 0.4) is 0 Å². The minimum Gasteiger partial charge on any atom is -0.480 e. The van der Waals surface area contributed by atoms with Gasteiger partial charge in [-0.3, -0.25) is 4.79 Å². The van der Waals surface area contributed by atoms with Crippen LogP contribution in [0.1, 0.15) is 51.5 Å². The van der Waals surface area contributed by atoms with Gasteiger partial charge in [0.25, 0.3) is 0 Å². The third-order valence-electron chi connectivity index (χ3n) is 7.54. The highest BCUT2D eigenvalue weighted by Gasteiger charge is 2.53. The second-order valence-electron chi connectivity index (χ2n) is 10.1. The summed E-state index contributed by atoms with van der Waals surface area (Å²) in [7, 11) is 0. The number of halogens is 1. The highest BCUT2D eigenvalue weighted by atomic mass is 79.9. The third-order valence-corrected chi connectivity index (χ3v) is 8.29. The van der Waals surface area contributed by atoms with Crippen LogP contribution in [0.25, 0.3) is 0 Å². The number of pyridine rings is 1. The molecule has 2 heterocycles. The van der Waals surface area contributed by atoms with Gasteiger partial charge in [-0.1, -0.05) is 45.2 Å². The number of nitrogens with zero attached hydrogens (tertiary/aromatic N) is 2. The average molecular weight is 539 g/mol. The van der Waals surface area contributed by atoms with Gasteiger partial charge < -0.3 is 20.6 Å². The summed E-state index contributed by atoms with van der Waals surface area (Å²) < 4.78 is 0.508. The van der Waals surface area contributed by atoms with Crippen LogP contribution < -0.4 is 15.5 Å². The molecule has 1 aliphatic heterocycles. The fourth-order valence-corrected chi connectivity index (χ4v) is 6.50. The van der Waals surface area contributed by atoms with Crippen molar-refractivity contribution >= 4 is 44.9 Å². The van der Waals surface area contributed by atoms with Crippen molar-refractivity contribution < 1.29 is 14.7 Å². The molecule has 1 aromatic carbocycles. The molecule has 1 fully saturated rings. The van der Waals surface area contributed by atoms with E-state index in [9.17, 15) is 14.7 Å². The van der Waals surface area contributed by atoms with E-state index in [4.69, 9.17) is 0 Å². The van der Waals surface area contributed by atoms with Crippen LogP contribution >= 0.6 is 15.9 Å². The van der Waals surface area contributed by atoms with Crippen molar-refractivity contribution in [1.82, 2.24) is 10.3 Å². The van der Waals surface area contributed by atoms with Crippen LogP contribution in [0.2, 0.25) is 0 Å². The zero-order chi connectivity index (χ0) is 24.7. The van der Waals surface area contributed by atoms with Gasteiger partial charge >= 0.3 is 5.97 Å². The molecule has 2 aromatic rings. The van der Waals surface area contributed by atoms with E-state index >= 15 is 0 Å². The number of nitrogens with one attached hydrogen (secondary N) is 2. The van der Waals surface area contributed by atoms with E-state index in [0.717, 1.165) is 60.6 Å². The van der Waals surface area contributed by atoms with E-state index in [0.29, 0.717) is 16.8 Å². The number of hydrogen-bond acceptors (Lipinski definition) is 6. The van der Waals surface area contributed by atoms with E-state index in [-0.39, 0.29) is 11.9 Å². The van der Waals surface area contributed by atoms with E-state index in [2.05, 4.69) is 50.3 Å². The maximum Gasteiger partial charge on any atom is 0.326 e. The Hall–Kier alpha value is -2.87. The highest BCUT2D eigenvalue weighted by Crippen LogP contribution is 2.53. The topological polar surface area (TPSA) is 94.6 Å². The summed E-state index contributed by atoms with van der Waals surface area (Å²) in [5, 5.41) is 16.7. The summed E-state index contributed by atoms with van der Waals surface area (Å²) in [6.45, 7) is 4.34. The number of aliphatic carboxylic acids is 1. The molecule has 0 amide bonds. The van der Waals surface area contributed by atoms with Gasteiger partial charge in [0, 0.05) is 24.0 Å². The van der Waals surface area contributed by atoms with Gasteiger partial charge in [0.05, 0.1) is 15.6 Å². The zero-order valence-corrected chi connectivity index (χ0v) is 21.6. The Bertz CT molecular complexity index is 1170. The van der Waals surface area contributed by atoms with Crippen LogP contribution in [0.4, 0.5) is 17.2 Å². The standard InChI is InChI=1S/C27H31BrN4O3/c1-16(2)24-31-19-7-6-14-29-25(19)32(24)18-10-8-17(9-11-18)15-20(26(34)35)30-22-21(28)23(33)27(22)12-4-3-5-13-27/h6-11,14,16,20,24,30-31H,3-5,12-13,15H2,1-2H3,(H,34,35)/t20-,24?/m0/s1. The predicted octanol–water partition coefficient (Wildman–Crippen LogP) is 5.35. The summed E-state index contributed by atoms with van der Waals surface area (Å²) in [6, 6.07) is 11.2. The van der Waals surface area contributed by atoms with Crippen molar-refractivity contribution in [3.8, 4) is 0 Å². The lowest BCUT2D eigenvalue weighted by Crippen LogP contribution is -2.53. The first-order valence-corrected chi connectivity index (χ1v) is 13.2. The first-order valence-electron chi connectivity index (χ1n) is 12.4. The smallest absolute Gasteiger partial charge is 0.326 e. The summed E-state index contributed by atoms with van der Waals surface area (Å²) in [5.41, 5.74) is 3.19. The molecule has 1 unspecified atom stereocenters. The normalized spacial score (nSPS) is 21.5. The summed E-state index contributed by atoms with van der Waals surface area (Å²) in [4.78, 5) is 31.6. The number of fused-ring (bicyclic) bond motifs is 1. The predicted molar refractivity (Wildman–Crippen MR) is 140 cm³/mol. The second-order valence-corrected chi connectivity index (χ2v) is 10.9. The molecule has 7 nitrogen and oxygen atoms in total. The van der Waals surface area contributed by atoms with Gasteiger partial charge in [0.15, 0.2) is 11.6 Å². The first kappa shape index (κ1) is 23.9. The number of hydrogen-bond donors (Lipinski definition) is 3. The number of carboxylic acids is 1. The Morgan fingerprint density at radius 3 is 2.60 bits per heavy atom. The fourth-order valence-electron chi connectivity index (χ4n) is 5.63. The number of benzene rings is 1. The van der Waals surface area contributed by atoms with Crippen molar-refractivity contribution in [2.24, 2.45) is 11.3 Å². The fraction of sp³-hybridized carbons (Fsp3) is 0.444. The molecule has 1 saturated carbocycles. The van der Waals surface area contributed by atoms with Gasteiger partial charge in [-0.05, 0) is 64.5 Å². The molecule has 1 spiro atoms. The molecule has 0 bridgehead atoms. The lowest BCUT2D eigenvalue weighted by Gasteiger charge is -2.46. The molecule has 3 aliphatic rings. The average Bonchev–Trinajstić information content (AvgIpc) is 3.27. The van der Waals surface area contributed by atoms with Gasteiger partial charge in [-0.2, -0.15) is 0 Å². The number of Topliss-reactive ketones (excluding diaryl/α,β-unsaturated/α-hetero) is 1. The van der Waals surface area contributed by atoms with Crippen LogP contribution in [-0.4, -0.2) is 34.1 Å². The molecule has 184 valence electrons.